The molecule has 0 bridgehead atoms. The molecule has 1 aromatic carbocycles. The number of rotatable bonds is 11. The van der Waals surface area contributed by atoms with Crippen molar-refractivity contribution in [1.82, 2.24) is 0 Å². The lowest BCUT2D eigenvalue weighted by atomic mass is 9.89. The highest BCUT2D eigenvalue weighted by Gasteiger charge is 2.32. The van der Waals surface area contributed by atoms with Gasteiger partial charge in [0.2, 0.25) is 0 Å². The Balaban J connectivity index is 2.82. The third-order valence-electron chi connectivity index (χ3n) is 4.73. The summed E-state index contributed by atoms with van der Waals surface area (Å²) in [5.41, 5.74) is 1.75. The Kier molecular flexibility index (Phi) is 10.5. The van der Waals surface area contributed by atoms with E-state index in [1.165, 1.54) is 5.56 Å². The van der Waals surface area contributed by atoms with Crippen molar-refractivity contribution in [2.24, 2.45) is 5.92 Å². The highest BCUT2D eigenvalue weighted by molar-refractivity contribution is 5.89. The lowest BCUT2D eigenvalue weighted by Crippen LogP contribution is -2.37. The molecule has 0 aromatic heterocycles. The van der Waals surface area contributed by atoms with Crippen molar-refractivity contribution in [3.63, 3.8) is 0 Å². The maximum atomic E-state index is 12.6. The standard InChI is InChI=1S/C22H34O5/c1-6-11-16-12-14-17(15-13-16)21(23)26-19(8-3)18(7-2)20(9-4)27-22(24)25-10-5/h12-15,18-20H,6-11H2,1-5H3. The second-order valence-corrected chi connectivity index (χ2v) is 6.62. The fourth-order valence-corrected chi connectivity index (χ4v) is 3.29. The predicted molar refractivity (Wildman–Crippen MR) is 106 cm³/mol. The van der Waals surface area contributed by atoms with Gasteiger partial charge in [0.15, 0.2) is 0 Å². The molecule has 3 unspecified atom stereocenters. The molecular weight excluding hydrogens is 344 g/mol. The van der Waals surface area contributed by atoms with Gasteiger partial charge in [-0.1, -0.05) is 46.2 Å². The third kappa shape index (κ3) is 7.24. The Morgan fingerprint density at radius 1 is 0.852 bits per heavy atom. The van der Waals surface area contributed by atoms with Gasteiger partial charge in [0.05, 0.1) is 12.2 Å². The number of aryl methyl sites for hydroxylation is 1. The van der Waals surface area contributed by atoms with Gasteiger partial charge in [0.25, 0.3) is 0 Å². The maximum Gasteiger partial charge on any atom is 0.508 e. The minimum absolute atomic E-state index is 0.0762. The van der Waals surface area contributed by atoms with Gasteiger partial charge in [-0.25, -0.2) is 9.59 Å². The van der Waals surface area contributed by atoms with Gasteiger partial charge in [0, 0.05) is 5.92 Å². The molecule has 1 aromatic rings. The van der Waals surface area contributed by atoms with E-state index < -0.39 is 6.16 Å². The minimum atomic E-state index is -0.671. The molecule has 5 heteroatoms. The average Bonchev–Trinajstić information content (AvgIpc) is 2.67. The molecule has 3 atom stereocenters. The van der Waals surface area contributed by atoms with Gasteiger partial charge in [-0.05, 0) is 50.3 Å². The Hall–Kier alpha value is -2.04. The second-order valence-electron chi connectivity index (χ2n) is 6.62. The second kappa shape index (κ2) is 12.4. The lowest BCUT2D eigenvalue weighted by Gasteiger charge is -2.31. The van der Waals surface area contributed by atoms with Gasteiger partial charge in [-0.3, -0.25) is 0 Å². The monoisotopic (exact) mass is 378 g/mol. The molecule has 0 aliphatic carbocycles. The molecule has 0 saturated carbocycles. The first kappa shape index (κ1) is 23.0. The van der Waals surface area contributed by atoms with Crippen LogP contribution in [0, 0.1) is 5.92 Å². The summed E-state index contributed by atoms with van der Waals surface area (Å²) in [7, 11) is 0. The van der Waals surface area contributed by atoms with Gasteiger partial charge in [-0.2, -0.15) is 0 Å². The van der Waals surface area contributed by atoms with Gasteiger partial charge in [-0.15, -0.1) is 0 Å². The van der Waals surface area contributed by atoms with E-state index in [0.717, 1.165) is 19.3 Å². The van der Waals surface area contributed by atoms with Crippen LogP contribution in [0.5, 0.6) is 0 Å². The van der Waals surface area contributed by atoms with Crippen molar-refractivity contribution in [3.8, 4) is 0 Å². The van der Waals surface area contributed by atoms with Gasteiger partial charge >= 0.3 is 12.1 Å². The summed E-state index contributed by atoms with van der Waals surface area (Å²) in [6.07, 6.45) is 2.75. The van der Waals surface area contributed by atoms with Crippen molar-refractivity contribution in [2.45, 2.75) is 78.9 Å². The number of benzene rings is 1. The molecule has 0 heterocycles. The molecule has 0 radical (unpaired) electrons. The highest BCUT2D eigenvalue weighted by atomic mass is 16.7. The van der Waals surface area contributed by atoms with Crippen molar-refractivity contribution in [1.29, 1.82) is 0 Å². The number of ether oxygens (including phenoxy) is 3. The van der Waals surface area contributed by atoms with Gasteiger partial charge in [0.1, 0.15) is 12.2 Å². The number of hydrogen-bond acceptors (Lipinski definition) is 5. The van der Waals surface area contributed by atoms with E-state index in [4.69, 9.17) is 14.2 Å². The molecule has 0 amide bonds. The van der Waals surface area contributed by atoms with E-state index >= 15 is 0 Å². The van der Waals surface area contributed by atoms with E-state index in [9.17, 15) is 9.59 Å². The van der Waals surface area contributed by atoms with Crippen molar-refractivity contribution in [3.05, 3.63) is 35.4 Å². The third-order valence-corrected chi connectivity index (χ3v) is 4.73. The van der Waals surface area contributed by atoms with Crippen LogP contribution in [0.2, 0.25) is 0 Å². The van der Waals surface area contributed by atoms with Gasteiger partial charge < -0.3 is 14.2 Å². The molecular formula is C22H34O5. The van der Waals surface area contributed by atoms with E-state index in [1.54, 1.807) is 6.92 Å². The summed E-state index contributed by atoms with van der Waals surface area (Å²) in [5.74, 6) is -0.415. The fourth-order valence-electron chi connectivity index (χ4n) is 3.29. The zero-order chi connectivity index (χ0) is 20.2. The zero-order valence-corrected chi connectivity index (χ0v) is 17.3. The van der Waals surface area contributed by atoms with Crippen molar-refractivity contribution < 1.29 is 23.8 Å². The molecule has 0 saturated heterocycles. The van der Waals surface area contributed by atoms with Crippen LogP contribution in [0.1, 0.15) is 76.2 Å². The smallest absolute Gasteiger partial charge is 0.458 e. The van der Waals surface area contributed by atoms with E-state index in [-0.39, 0.29) is 30.7 Å². The van der Waals surface area contributed by atoms with Crippen molar-refractivity contribution >= 4 is 12.1 Å². The number of esters is 1. The summed E-state index contributed by atoms with van der Waals surface area (Å²) in [6.45, 7) is 10.1. The first-order valence-corrected chi connectivity index (χ1v) is 10.1. The first-order chi connectivity index (χ1) is 13.0. The van der Waals surface area contributed by atoms with E-state index in [1.807, 2.05) is 45.0 Å². The van der Waals surface area contributed by atoms with E-state index in [2.05, 4.69) is 6.92 Å². The van der Waals surface area contributed by atoms with Crippen LogP contribution in [0.15, 0.2) is 24.3 Å². The minimum Gasteiger partial charge on any atom is -0.458 e. The number of carbonyl (C=O) groups excluding carboxylic acids is 2. The zero-order valence-electron chi connectivity index (χ0n) is 17.3. The molecule has 0 spiro atoms. The molecule has 1 rings (SSSR count). The summed E-state index contributed by atoms with van der Waals surface area (Å²) in [5, 5.41) is 0. The Bertz CT molecular complexity index is 567. The van der Waals surface area contributed by atoms with Crippen LogP contribution in [-0.4, -0.2) is 30.9 Å². The molecule has 27 heavy (non-hydrogen) atoms. The molecule has 0 fully saturated rings. The maximum absolute atomic E-state index is 12.6. The normalized spacial score (nSPS) is 14.1. The number of hydrogen-bond donors (Lipinski definition) is 0. The summed E-state index contributed by atoms with van der Waals surface area (Å²) >= 11 is 0. The molecule has 5 nitrogen and oxygen atoms in total. The lowest BCUT2D eigenvalue weighted by molar-refractivity contribution is -0.0446. The largest absolute Gasteiger partial charge is 0.508 e. The topological polar surface area (TPSA) is 61.8 Å². The molecule has 152 valence electrons. The highest BCUT2D eigenvalue weighted by Crippen LogP contribution is 2.25. The average molecular weight is 379 g/mol. The fraction of sp³-hybridized carbons (Fsp3) is 0.636. The summed E-state index contributed by atoms with van der Waals surface area (Å²) in [4.78, 5) is 24.3. The van der Waals surface area contributed by atoms with Crippen LogP contribution < -0.4 is 0 Å². The quantitative estimate of drug-likeness (QED) is 0.472. The molecule has 0 aliphatic rings. The molecule has 0 N–H and O–H groups in total. The van der Waals surface area contributed by atoms with Crippen LogP contribution in [0.4, 0.5) is 4.79 Å². The van der Waals surface area contributed by atoms with Crippen LogP contribution >= 0.6 is 0 Å². The summed E-state index contributed by atoms with van der Waals surface area (Å²) < 4.78 is 16.1. The Morgan fingerprint density at radius 2 is 1.44 bits per heavy atom. The van der Waals surface area contributed by atoms with Crippen LogP contribution in [0.3, 0.4) is 0 Å². The SMILES string of the molecule is CCCc1ccc(C(=O)OC(CC)C(CC)C(CC)OC(=O)OCC)cc1. The molecule has 0 aliphatic heterocycles. The van der Waals surface area contributed by atoms with E-state index in [0.29, 0.717) is 18.4 Å². The Labute approximate surface area is 163 Å². The van der Waals surface area contributed by atoms with Crippen molar-refractivity contribution in [2.75, 3.05) is 6.61 Å². The van der Waals surface area contributed by atoms with Crippen LogP contribution in [-0.2, 0) is 20.6 Å². The summed E-state index contributed by atoms with van der Waals surface area (Å²) in [6, 6.07) is 7.56. The number of carbonyl (C=O) groups is 2. The van der Waals surface area contributed by atoms with Crippen LogP contribution in [0.25, 0.3) is 0 Å². The predicted octanol–water partition coefficient (Wildman–Crippen LogP) is 5.55. The first-order valence-electron chi connectivity index (χ1n) is 10.1. The Morgan fingerprint density at radius 3 is 1.93 bits per heavy atom.